The van der Waals surface area contributed by atoms with Crippen LogP contribution in [0.1, 0.15) is 34.5 Å². The molecule has 0 N–H and O–H groups in total. The van der Waals surface area contributed by atoms with Gasteiger partial charge >= 0.3 is 5.97 Å². The van der Waals surface area contributed by atoms with Gasteiger partial charge in [0.05, 0.1) is 5.56 Å². The molecule has 2 rings (SSSR count). The summed E-state index contributed by atoms with van der Waals surface area (Å²) in [6.07, 6.45) is -0.267. The van der Waals surface area contributed by atoms with Crippen molar-refractivity contribution in [2.75, 3.05) is 0 Å². The van der Waals surface area contributed by atoms with Crippen molar-refractivity contribution in [2.24, 2.45) is 0 Å². The van der Waals surface area contributed by atoms with Crippen LogP contribution < -0.4 is 0 Å². The summed E-state index contributed by atoms with van der Waals surface area (Å²) in [6.45, 7) is 3.75. The molecule has 0 bridgehead atoms. The molecule has 2 nitrogen and oxygen atoms in total. The van der Waals surface area contributed by atoms with E-state index in [1.165, 1.54) is 0 Å². The Morgan fingerprint density at radius 2 is 1.84 bits per heavy atom. The van der Waals surface area contributed by atoms with Gasteiger partial charge in [-0.25, -0.2) is 4.79 Å². The molecule has 0 heterocycles. The number of hydrogen-bond acceptors (Lipinski definition) is 3. The number of benzene rings is 2. The zero-order valence-electron chi connectivity index (χ0n) is 11.0. The molecule has 0 aliphatic rings. The summed E-state index contributed by atoms with van der Waals surface area (Å²) in [6, 6.07) is 15.1. The van der Waals surface area contributed by atoms with Gasteiger partial charge in [0, 0.05) is 4.90 Å². The van der Waals surface area contributed by atoms with Crippen molar-refractivity contribution in [1.82, 2.24) is 0 Å². The minimum atomic E-state index is -0.315. The standard InChI is InChI=1S/C16H16O2S/c1-11-8-9-14(19)10-15(11)16(17)18-12(2)13-6-4-3-5-7-13/h3-10,12,19H,1-2H3. The summed E-state index contributed by atoms with van der Waals surface area (Å²) < 4.78 is 5.49. The van der Waals surface area contributed by atoms with E-state index >= 15 is 0 Å². The van der Waals surface area contributed by atoms with Gasteiger partial charge in [0.2, 0.25) is 0 Å². The fourth-order valence-electron chi connectivity index (χ4n) is 1.85. The van der Waals surface area contributed by atoms with Crippen molar-refractivity contribution in [3.8, 4) is 0 Å². The van der Waals surface area contributed by atoms with Gasteiger partial charge in [-0.05, 0) is 37.1 Å². The van der Waals surface area contributed by atoms with Gasteiger partial charge < -0.3 is 4.74 Å². The molecule has 0 aliphatic carbocycles. The number of carbonyl (C=O) groups is 1. The van der Waals surface area contributed by atoms with E-state index in [2.05, 4.69) is 12.6 Å². The van der Waals surface area contributed by atoms with Crippen molar-refractivity contribution >= 4 is 18.6 Å². The molecule has 0 fully saturated rings. The number of rotatable bonds is 3. The third-order valence-corrected chi connectivity index (χ3v) is 3.27. The van der Waals surface area contributed by atoms with E-state index in [1.807, 2.05) is 56.3 Å². The molecular formula is C16H16O2S. The van der Waals surface area contributed by atoms with Crippen LogP contribution >= 0.6 is 12.6 Å². The monoisotopic (exact) mass is 272 g/mol. The Balaban J connectivity index is 2.15. The van der Waals surface area contributed by atoms with Crippen molar-refractivity contribution in [1.29, 1.82) is 0 Å². The van der Waals surface area contributed by atoms with Crippen LogP contribution in [0.15, 0.2) is 53.4 Å². The van der Waals surface area contributed by atoms with Gasteiger partial charge in [-0.15, -0.1) is 12.6 Å². The van der Waals surface area contributed by atoms with E-state index < -0.39 is 0 Å². The van der Waals surface area contributed by atoms with Crippen LogP contribution in [0.5, 0.6) is 0 Å². The molecule has 1 unspecified atom stereocenters. The molecule has 2 aromatic carbocycles. The molecule has 0 aromatic heterocycles. The summed E-state index contributed by atoms with van der Waals surface area (Å²) >= 11 is 4.25. The molecule has 0 radical (unpaired) electrons. The molecule has 1 atom stereocenters. The second kappa shape index (κ2) is 5.93. The Hall–Kier alpha value is -1.74. The summed E-state index contributed by atoms with van der Waals surface area (Å²) in [7, 11) is 0. The molecule has 0 amide bonds. The Morgan fingerprint density at radius 3 is 2.53 bits per heavy atom. The lowest BCUT2D eigenvalue weighted by atomic mass is 10.1. The lowest BCUT2D eigenvalue weighted by Gasteiger charge is -2.14. The highest BCUT2D eigenvalue weighted by atomic mass is 32.1. The predicted octanol–water partition coefficient (Wildman–Crippen LogP) is 4.20. The van der Waals surface area contributed by atoms with Crippen LogP contribution in [0.4, 0.5) is 0 Å². The van der Waals surface area contributed by atoms with Crippen LogP contribution in [0, 0.1) is 6.92 Å². The van der Waals surface area contributed by atoms with Crippen molar-refractivity contribution in [3.63, 3.8) is 0 Å². The first-order valence-corrected chi connectivity index (χ1v) is 6.58. The van der Waals surface area contributed by atoms with Crippen LogP contribution in [-0.4, -0.2) is 5.97 Å². The largest absolute Gasteiger partial charge is 0.454 e. The highest BCUT2D eigenvalue weighted by molar-refractivity contribution is 7.80. The number of ether oxygens (including phenoxy) is 1. The van der Waals surface area contributed by atoms with Crippen molar-refractivity contribution < 1.29 is 9.53 Å². The van der Waals surface area contributed by atoms with Crippen LogP contribution in [0.3, 0.4) is 0 Å². The average molecular weight is 272 g/mol. The Labute approximate surface area is 118 Å². The first kappa shape index (κ1) is 13.7. The summed E-state index contributed by atoms with van der Waals surface area (Å²) in [4.78, 5) is 12.9. The zero-order chi connectivity index (χ0) is 13.8. The topological polar surface area (TPSA) is 26.3 Å². The van der Waals surface area contributed by atoms with Crippen molar-refractivity contribution in [2.45, 2.75) is 24.8 Å². The van der Waals surface area contributed by atoms with Crippen molar-refractivity contribution in [3.05, 3.63) is 65.2 Å². The molecular weight excluding hydrogens is 256 g/mol. The second-order valence-corrected chi connectivity index (χ2v) is 4.97. The Morgan fingerprint density at radius 1 is 1.16 bits per heavy atom. The number of esters is 1. The first-order chi connectivity index (χ1) is 9.08. The second-order valence-electron chi connectivity index (χ2n) is 4.46. The quantitative estimate of drug-likeness (QED) is 0.669. The first-order valence-electron chi connectivity index (χ1n) is 6.13. The van der Waals surface area contributed by atoms with Gasteiger partial charge in [-0.1, -0.05) is 36.4 Å². The summed E-state index contributed by atoms with van der Waals surface area (Å²) in [5.41, 5.74) is 2.44. The SMILES string of the molecule is Cc1ccc(S)cc1C(=O)OC(C)c1ccccc1. The van der Waals surface area contributed by atoms with E-state index in [0.29, 0.717) is 5.56 Å². The maximum Gasteiger partial charge on any atom is 0.339 e. The minimum absolute atomic E-state index is 0.267. The van der Waals surface area contributed by atoms with Gasteiger partial charge in [-0.3, -0.25) is 0 Å². The normalized spacial score (nSPS) is 11.9. The maximum absolute atomic E-state index is 12.1. The fourth-order valence-corrected chi connectivity index (χ4v) is 2.05. The Bertz CT molecular complexity index is 579. The highest BCUT2D eigenvalue weighted by Crippen LogP contribution is 2.21. The van der Waals surface area contributed by atoms with Gasteiger partial charge in [-0.2, -0.15) is 0 Å². The predicted molar refractivity (Wildman–Crippen MR) is 78.7 cm³/mol. The average Bonchev–Trinajstić information content (AvgIpc) is 2.42. The Kier molecular flexibility index (Phi) is 4.27. The lowest BCUT2D eigenvalue weighted by Crippen LogP contribution is -2.10. The van der Waals surface area contributed by atoms with E-state index in [4.69, 9.17) is 4.74 Å². The summed E-state index contributed by atoms with van der Waals surface area (Å²) in [5.74, 6) is -0.315. The molecule has 0 aliphatic heterocycles. The summed E-state index contributed by atoms with van der Waals surface area (Å²) in [5, 5.41) is 0. The maximum atomic E-state index is 12.1. The molecule has 0 saturated heterocycles. The number of carbonyl (C=O) groups excluding carboxylic acids is 1. The molecule has 19 heavy (non-hydrogen) atoms. The van der Waals surface area contributed by atoms with E-state index in [9.17, 15) is 4.79 Å². The molecule has 98 valence electrons. The number of aryl methyl sites for hydroxylation is 1. The smallest absolute Gasteiger partial charge is 0.339 e. The van der Waals surface area contributed by atoms with Gasteiger partial charge in [0.1, 0.15) is 6.10 Å². The highest BCUT2D eigenvalue weighted by Gasteiger charge is 2.15. The molecule has 0 saturated carbocycles. The van der Waals surface area contributed by atoms with E-state index in [-0.39, 0.29) is 12.1 Å². The van der Waals surface area contributed by atoms with Gasteiger partial charge in [0.15, 0.2) is 0 Å². The number of thiol groups is 1. The molecule has 0 spiro atoms. The van der Waals surface area contributed by atoms with E-state index in [1.54, 1.807) is 6.07 Å². The zero-order valence-corrected chi connectivity index (χ0v) is 11.9. The minimum Gasteiger partial charge on any atom is -0.454 e. The van der Waals surface area contributed by atoms with Crippen LogP contribution in [0.2, 0.25) is 0 Å². The number of hydrogen-bond donors (Lipinski definition) is 1. The van der Waals surface area contributed by atoms with Crippen LogP contribution in [-0.2, 0) is 4.74 Å². The van der Waals surface area contributed by atoms with Crippen LogP contribution in [0.25, 0.3) is 0 Å². The molecule has 3 heteroatoms. The third-order valence-electron chi connectivity index (χ3n) is 2.99. The third kappa shape index (κ3) is 3.38. The fraction of sp³-hybridized carbons (Fsp3) is 0.188. The van der Waals surface area contributed by atoms with E-state index in [0.717, 1.165) is 16.0 Å². The molecule has 2 aromatic rings. The lowest BCUT2D eigenvalue weighted by molar-refractivity contribution is 0.0336. The van der Waals surface area contributed by atoms with Gasteiger partial charge in [0.25, 0.3) is 0 Å².